The maximum Gasteiger partial charge on any atom is 0.317 e. The van der Waals surface area contributed by atoms with Gasteiger partial charge in [0.1, 0.15) is 10.3 Å². The zero-order chi connectivity index (χ0) is 11.4. The van der Waals surface area contributed by atoms with Crippen molar-refractivity contribution in [1.29, 1.82) is 0 Å². The van der Waals surface area contributed by atoms with E-state index in [0.29, 0.717) is 0 Å². The number of pyridine rings is 1. The first kappa shape index (κ1) is 12.5. The molecule has 82 valence electrons. The van der Waals surface area contributed by atoms with Crippen LogP contribution >= 0.6 is 27.7 Å². The fourth-order valence-corrected chi connectivity index (χ4v) is 2.50. The lowest BCUT2D eigenvalue weighted by Crippen LogP contribution is -2.22. The van der Waals surface area contributed by atoms with Crippen LogP contribution in [0.2, 0.25) is 0 Å². The molecule has 0 saturated heterocycles. The second-order valence-electron chi connectivity index (χ2n) is 3.41. The topological polar surface area (TPSA) is 50.2 Å². The quantitative estimate of drug-likeness (QED) is 0.866. The van der Waals surface area contributed by atoms with Crippen LogP contribution in [0.1, 0.15) is 13.8 Å². The number of hydrogen-bond acceptors (Lipinski definition) is 3. The molecule has 0 aliphatic rings. The maximum absolute atomic E-state index is 11.0. The maximum atomic E-state index is 11.0. The Hall–Kier alpha value is -0.550. The van der Waals surface area contributed by atoms with E-state index in [9.17, 15) is 4.79 Å². The number of hydrogen-bond donors (Lipinski definition) is 1. The molecule has 0 saturated carbocycles. The van der Waals surface area contributed by atoms with Gasteiger partial charge in [-0.25, -0.2) is 4.98 Å². The predicted octanol–water partition coefficient (Wildman–Crippen LogP) is 3.05. The summed E-state index contributed by atoms with van der Waals surface area (Å²) in [5, 5.41) is 9.29. The molecule has 0 radical (unpaired) electrons. The van der Waals surface area contributed by atoms with Gasteiger partial charge in [0, 0.05) is 10.7 Å². The molecule has 3 nitrogen and oxygen atoms in total. The normalized spacial score (nSPS) is 12.8. The van der Waals surface area contributed by atoms with Crippen molar-refractivity contribution in [3.8, 4) is 0 Å². The molecule has 0 aromatic carbocycles. The van der Waals surface area contributed by atoms with Gasteiger partial charge >= 0.3 is 5.97 Å². The van der Waals surface area contributed by atoms with Gasteiger partial charge in [-0.2, -0.15) is 0 Å². The first-order chi connectivity index (χ1) is 7.02. The summed E-state index contributed by atoms with van der Waals surface area (Å²) < 4.78 is 0.835. The van der Waals surface area contributed by atoms with Crippen LogP contribution in [-0.4, -0.2) is 21.3 Å². The Bertz CT molecular complexity index is 357. The molecule has 1 aromatic heterocycles. The molecule has 0 fully saturated rings. The Balaban J connectivity index is 2.84. The molecule has 1 unspecified atom stereocenters. The van der Waals surface area contributed by atoms with E-state index >= 15 is 0 Å². The van der Waals surface area contributed by atoms with Crippen LogP contribution in [-0.2, 0) is 4.79 Å². The van der Waals surface area contributed by atoms with Crippen molar-refractivity contribution in [1.82, 2.24) is 4.98 Å². The summed E-state index contributed by atoms with van der Waals surface area (Å²) >= 11 is 4.62. The molecule has 0 aliphatic heterocycles. The number of halogens is 1. The molecule has 1 aromatic rings. The Labute approximate surface area is 101 Å². The monoisotopic (exact) mass is 289 g/mol. The molecular formula is C10H12BrNO2S. The van der Waals surface area contributed by atoms with Gasteiger partial charge in [0.15, 0.2) is 0 Å². The van der Waals surface area contributed by atoms with Crippen LogP contribution in [0.3, 0.4) is 0 Å². The van der Waals surface area contributed by atoms with E-state index < -0.39 is 11.2 Å². The van der Waals surface area contributed by atoms with Gasteiger partial charge in [0.25, 0.3) is 0 Å². The van der Waals surface area contributed by atoms with Crippen molar-refractivity contribution >= 4 is 33.7 Å². The number of carbonyl (C=O) groups is 1. The first-order valence-electron chi connectivity index (χ1n) is 4.52. The second kappa shape index (κ2) is 5.51. The second-order valence-corrected chi connectivity index (χ2v) is 5.40. The van der Waals surface area contributed by atoms with Gasteiger partial charge in [-0.3, -0.25) is 4.79 Å². The largest absolute Gasteiger partial charge is 0.480 e. The Morgan fingerprint density at radius 1 is 1.60 bits per heavy atom. The highest BCUT2D eigenvalue weighted by Crippen LogP contribution is 2.31. The lowest BCUT2D eigenvalue weighted by molar-refractivity contribution is -0.137. The third-order valence-electron chi connectivity index (χ3n) is 1.81. The van der Waals surface area contributed by atoms with Crippen LogP contribution in [0.5, 0.6) is 0 Å². The highest BCUT2D eigenvalue weighted by molar-refractivity contribution is 9.10. The van der Waals surface area contributed by atoms with E-state index in [1.54, 1.807) is 12.3 Å². The number of carboxylic acids is 1. The summed E-state index contributed by atoms with van der Waals surface area (Å²) in [7, 11) is 0. The zero-order valence-corrected chi connectivity index (χ0v) is 10.9. The summed E-state index contributed by atoms with van der Waals surface area (Å²) in [6, 6.07) is 3.66. The predicted molar refractivity (Wildman–Crippen MR) is 64.1 cm³/mol. The fourth-order valence-electron chi connectivity index (χ4n) is 1.05. The van der Waals surface area contributed by atoms with Crippen LogP contribution < -0.4 is 0 Å². The highest BCUT2D eigenvalue weighted by Gasteiger charge is 2.23. The highest BCUT2D eigenvalue weighted by atomic mass is 79.9. The smallest absolute Gasteiger partial charge is 0.317 e. The number of aromatic nitrogens is 1. The van der Waals surface area contributed by atoms with E-state index in [1.807, 2.05) is 19.9 Å². The van der Waals surface area contributed by atoms with Gasteiger partial charge in [-0.1, -0.05) is 25.6 Å². The average Bonchev–Trinajstić information content (AvgIpc) is 2.15. The van der Waals surface area contributed by atoms with Gasteiger partial charge in [0.2, 0.25) is 0 Å². The minimum Gasteiger partial charge on any atom is -0.480 e. The van der Waals surface area contributed by atoms with E-state index in [-0.39, 0.29) is 5.92 Å². The SMILES string of the molecule is CC(C)C(Sc1ncccc1Br)C(=O)O. The van der Waals surface area contributed by atoms with E-state index in [0.717, 1.165) is 9.50 Å². The molecule has 1 heterocycles. The first-order valence-corrected chi connectivity index (χ1v) is 6.19. The summed E-state index contributed by atoms with van der Waals surface area (Å²) in [5.74, 6) is -0.728. The van der Waals surface area contributed by atoms with E-state index in [1.165, 1.54) is 11.8 Å². The number of aliphatic carboxylic acids is 1. The van der Waals surface area contributed by atoms with Crippen molar-refractivity contribution in [2.24, 2.45) is 5.92 Å². The third kappa shape index (κ3) is 3.50. The van der Waals surface area contributed by atoms with Crippen molar-refractivity contribution in [2.75, 3.05) is 0 Å². The Morgan fingerprint density at radius 3 is 2.73 bits per heavy atom. The van der Waals surface area contributed by atoms with Crippen LogP contribution in [0.4, 0.5) is 0 Å². The third-order valence-corrected chi connectivity index (χ3v) is 4.26. The molecule has 1 atom stereocenters. The lowest BCUT2D eigenvalue weighted by Gasteiger charge is -2.15. The van der Waals surface area contributed by atoms with Crippen molar-refractivity contribution in [3.63, 3.8) is 0 Å². The number of rotatable bonds is 4. The summed E-state index contributed by atoms with van der Waals surface area (Å²) in [6.45, 7) is 3.78. The van der Waals surface area contributed by atoms with Crippen LogP contribution in [0, 0.1) is 5.92 Å². The molecular weight excluding hydrogens is 278 g/mol. The number of carboxylic acid groups (broad SMARTS) is 1. The molecule has 1 rings (SSSR count). The van der Waals surface area contributed by atoms with Crippen LogP contribution in [0.25, 0.3) is 0 Å². The number of nitrogens with zero attached hydrogens (tertiary/aromatic N) is 1. The fraction of sp³-hybridized carbons (Fsp3) is 0.400. The molecule has 0 bridgehead atoms. The Morgan fingerprint density at radius 2 is 2.27 bits per heavy atom. The van der Waals surface area contributed by atoms with Crippen LogP contribution in [0.15, 0.2) is 27.8 Å². The zero-order valence-electron chi connectivity index (χ0n) is 8.48. The molecule has 1 N–H and O–H groups in total. The Kier molecular flexibility index (Phi) is 4.60. The van der Waals surface area contributed by atoms with Crippen molar-refractivity contribution in [3.05, 3.63) is 22.8 Å². The van der Waals surface area contributed by atoms with Crippen molar-refractivity contribution in [2.45, 2.75) is 24.1 Å². The van der Waals surface area contributed by atoms with E-state index in [4.69, 9.17) is 5.11 Å². The average molecular weight is 290 g/mol. The van der Waals surface area contributed by atoms with Gasteiger partial charge in [0.05, 0.1) is 0 Å². The molecule has 0 amide bonds. The minimum atomic E-state index is -0.799. The molecule has 0 spiro atoms. The molecule has 0 aliphatic carbocycles. The number of thioether (sulfide) groups is 1. The summed E-state index contributed by atoms with van der Waals surface area (Å²) in [5.41, 5.74) is 0. The summed E-state index contributed by atoms with van der Waals surface area (Å²) in [6.07, 6.45) is 1.66. The van der Waals surface area contributed by atoms with E-state index in [2.05, 4.69) is 20.9 Å². The van der Waals surface area contributed by atoms with Gasteiger partial charge in [-0.05, 0) is 34.0 Å². The lowest BCUT2D eigenvalue weighted by atomic mass is 10.1. The van der Waals surface area contributed by atoms with Gasteiger partial charge < -0.3 is 5.11 Å². The summed E-state index contributed by atoms with van der Waals surface area (Å²) in [4.78, 5) is 15.1. The standard InChI is InChI=1S/C10H12BrNO2S/c1-6(2)8(10(13)14)15-9-7(11)4-3-5-12-9/h3-6,8H,1-2H3,(H,13,14). The van der Waals surface area contributed by atoms with Gasteiger partial charge in [-0.15, -0.1) is 0 Å². The van der Waals surface area contributed by atoms with Crippen molar-refractivity contribution < 1.29 is 9.90 Å². The molecule has 15 heavy (non-hydrogen) atoms. The minimum absolute atomic E-state index is 0.0707. The molecule has 5 heteroatoms.